The van der Waals surface area contributed by atoms with Crippen LogP contribution in [-0.4, -0.2) is 38.6 Å². The molecule has 1 aromatic carbocycles. The lowest BCUT2D eigenvalue weighted by Gasteiger charge is -2.43. The van der Waals surface area contributed by atoms with Gasteiger partial charge >= 0.3 is 0 Å². The van der Waals surface area contributed by atoms with Crippen molar-refractivity contribution >= 4 is 21.7 Å². The van der Waals surface area contributed by atoms with Gasteiger partial charge in [0.2, 0.25) is 0 Å². The van der Waals surface area contributed by atoms with Crippen LogP contribution >= 0.6 is 0 Å². The monoisotopic (exact) mass is 530 g/mol. The molecule has 3 aromatic heterocycles. The van der Waals surface area contributed by atoms with Gasteiger partial charge in [-0.1, -0.05) is 5.57 Å². The van der Waals surface area contributed by atoms with Crippen LogP contribution in [0.25, 0.3) is 11.8 Å². The zero-order valence-electron chi connectivity index (χ0n) is 21.1. The van der Waals surface area contributed by atoms with Crippen molar-refractivity contribution < 1.29 is 17.6 Å². The smallest absolute Gasteiger partial charge is 0.191 e. The van der Waals surface area contributed by atoms with Crippen LogP contribution in [0.15, 0.2) is 77.9 Å². The number of carbonyl (C=O) groups is 1. The van der Waals surface area contributed by atoms with Gasteiger partial charge in [0.25, 0.3) is 0 Å². The van der Waals surface area contributed by atoms with Gasteiger partial charge in [-0.15, -0.1) is 0 Å². The predicted octanol–water partition coefficient (Wildman–Crippen LogP) is 4.89. The molecular formula is C29H27FN4O3S. The van der Waals surface area contributed by atoms with Crippen LogP contribution in [0.1, 0.15) is 46.7 Å². The van der Waals surface area contributed by atoms with Crippen molar-refractivity contribution in [3.8, 4) is 5.69 Å². The van der Waals surface area contributed by atoms with E-state index in [2.05, 4.69) is 9.97 Å². The molecule has 2 atom stereocenters. The molecule has 1 saturated carbocycles. The summed E-state index contributed by atoms with van der Waals surface area (Å²) in [4.78, 5) is 23.5. The lowest BCUT2D eigenvalue weighted by atomic mass is 9.62. The summed E-state index contributed by atoms with van der Waals surface area (Å²) in [6, 6.07) is 11.4. The molecule has 0 unspecified atom stereocenters. The molecule has 0 amide bonds. The zero-order chi connectivity index (χ0) is 26.7. The van der Waals surface area contributed by atoms with Crippen LogP contribution < -0.4 is 0 Å². The van der Waals surface area contributed by atoms with Crippen molar-refractivity contribution in [2.24, 2.45) is 12.5 Å². The topological polar surface area (TPSA) is 86.8 Å². The number of imidazole rings is 1. The van der Waals surface area contributed by atoms with E-state index < -0.39 is 20.5 Å². The molecule has 0 N–H and O–H groups in total. The standard InChI is InChI=1S/C29H27FN4O3S/c1-19-9-11-31-25(13-19)28(35)29-15-23(38(36,37)24-10-12-33(2)17-24)8-3-20(29)14-27-26(16-29)32-18-34(27)22-6-4-21(30)5-7-22/h4-7,9-14,17-18,23H,3,8,15-16H2,1-2H3/t23-,29+/m0/s1. The Morgan fingerprint density at radius 1 is 1.13 bits per heavy atom. The summed E-state index contributed by atoms with van der Waals surface area (Å²) in [5.74, 6) is -0.503. The molecule has 2 aliphatic carbocycles. The maximum absolute atomic E-state index is 14.3. The Bertz CT molecular complexity index is 1700. The fourth-order valence-corrected chi connectivity index (χ4v) is 7.72. The fourth-order valence-electron chi connectivity index (χ4n) is 5.84. The molecule has 1 fully saturated rings. The number of hydrogen-bond donors (Lipinski definition) is 0. The van der Waals surface area contributed by atoms with E-state index in [0.29, 0.717) is 24.2 Å². The van der Waals surface area contributed by atoms with Crippen molar-refractivity contribution in [3.05, 3.63) is 101 Å². The number of nitrogens with zero attached hydrogens (tertiary/aromatic N) is 4. The number of Topliss-reactive ketones (excluding diaryl/α,β-unsaturated/α-hetero) is 1. The lowest BCUT2D eigenvalue weighted by molar-refractivity contribution is 0.0795. The molecule has 0 saturated heterocycles. The third-order valence-electron chi connectivity index (χ3n) is 7.85. The largest absolute Gasteiger partial charge is 0.356 e. The quantitative estimate of drug-likeness (QED) is 0.343. The number of benzene rings is 1. The minimum atomic E-state index is -3.65. The zero-order valence-corrected chi connectivity index (χ0v) is 22.0. The number of rotatable bonds is 5. The van der Waals surface area contributed by atoms with Crippen LogP contribution in [0, 0.1) is 18.2 Å². The first kappa shape index (κ1) is 24.5. The number of pyridine rings is 1. The summed E-state index contributed by atoms with van der Waals surface area (Å²) in [6.07, 6.45) is 9.91. The SMILES string of the molecule is Cc1ccnc(C(=O)[C@]23Cc4ncn(-c5ccc(F)cc5)c4C=C2CC[C@H](S(=O)(=O)c2ccn(C)c2)C3)c1. The fraction of sp³-hybridized carbons (Fsp3) is 0.276. The molecule has 9 heteroatoms. The highest BCUT2D eigenvalue weighted by molar-refractivity contribution is 7.92. The molecule has 194 valence electrons. The molecule has 7 nitrogen and oxygen atoms in total. The Balaban J connectivity index is 1.46. The number of hydrogen-bond acceptors (Lipinski definition) is 5. The molecule has 2 aliphatic rings. The lowest BCUT2D eigenvalue weighted by Crippen LogP contribution is -2.46. The minimum Gasteiger partial charge on any atom is -0.356 e. The van der Waals surface area contributed by atoms with Gasteiger partial charge in [-0.3, -0.25) is 14.3 Å². The maximum Gasteiger partial charge on any atom is 0.191 e. The van der Waals surface area contributed by atoms with E-state index in [1.807, 2.05) is 23.6 Å². The Labute approximate surface area is 220 Å². The number of allylic oxidation sites excluding steroid dienone is 1. The van der Waals surface area contributed by atoms with Crippen molar-refractivity contribution in [2.45, 2.75) is 42.8 Å². The first-order chi connectivity index (χ1) is 18.2. The Kier molecular flexibility index (Phi) is 5.72. The van der Waals surface area contributed by atoms with E-state index in [1.54, 1.807) is 60.8 Å². The average molecular weight is 531 g/mol. The van der Waals surface area contributed by atoms with Crippen molar-refractivity contribution in [2.75, 3.05) is 0 Å². The normalized spacial score (nSPS) is 20.9. The molecule has 4 aromatic rings. The average Bonchev–Trinajstić information content (AvgIpc) is 3.53. The Morgan fingerprint density at radius 2 is 1.92 bits per heavy atom. The number of aromatic nitrogens is 4. The van der Waals surface area contributed by atoms with Crippen LogP contribution in [0.3, 0.4) is 0 Å². The Hall–Kier alpha value is -3.85. The van der Waals surface area contributed by atoms with E-state index >= 15 is 0 Å². The van der Waals surface area contributed by atoms with Crippen LogP contribution in [0.2, 0.25) is 0 Å². The second-order valence-corrected chi connectivity index (χ2v) is 12.5. The minimum absolute atomic E-state index is 0.160. The molecular weight excluding hydrogens is 503 g/mol. The summed E-state index contributed by atoms with van der Waals surface area (Å²) >= 11 is 0. The maximum atomic E-state index is 14.3. The third kappa shape index (κ3) is 3.93. The number of halogens is 1. The van der Waals surface area contributed by atoms with Crippen LogP contribution in [-0.2, 0) is 23.3 Å². The number of carbonyl (C=O) groups excluding carboxylic acids is 1. The summed E-state index contributed by atoms with van der Waals surface area (Å²) in [5, 5.41) is -0.712. The van der Waals surface area contributed by atoms with Gasteiger partial charge in [0, 0.05) is 37.7 Å². The van der Waals surface area contributed by atoms with Crippen molar-refractivity contribution in [3.63, 3.8) is 0 Å². The number of fused-ring (bicyclic) bond motifs is 2. The Morgan fingerprint density at radius 3 is 2.63 bits per heavy atom. The first-order valence-electron chi connectivity index (χ1n) is 12.5. The molecule has 38 heavy (non-hydrogen) atoms. The second kappa shape index (κ2) is 8.87. The van der Waals surface area contributed by atoms with Gasteiger partial charge in [0.1, 0.15) is 11.5 Å². The van der Waals surface area contributed by atoms with Gasteiger partial charge in [-0.2, -0.15) is 0 Å². The van der Waals surface area contributed by atoms with Crippen molar-refractivity contribution in [1.82, 2.24) is 19.1 Å². The molecule has 0 aliphatic heterocycles. The van der Waals surface area contributed by atoms with Crippen molar-refractivity contribution in [1.29, 1.82) is 0 Å². The van der Waals surface area contributed by atoms with E-state index in [4.69, 9.17) is 0 Å². The predicted molar refractivity (Wildman–Crippen MR) is 141 cm³/mol. The first-order valence-corrected chi connectivity index (χ1v) is 14.1. The summed E-state index contributed by atoms with van der Waals surface area (Å²) in [6.45, 7) is 1.90. The molecule has 6 rings (SSSR count). The number of sulfone groups is 1. The molecule has 0 bridgehead atoms. The molecule has 0 spiro atoms. The van der Waals surface area contributed by atoms with Gasteiger partial charge < -0.3 is 4.57 Å². The number of ketones is 1. The highest BCUT2D eigenvalue weighted by Gasteiger charge is 2.52. The summed E-state index contributed by atoms with van der Waals surface area (Å²) in [5.41, 5.74) is 3.36. The van der Waals surface area contributed by atoms with E-state index in [0.717, 1.165) is 22.5 Å². The van der Waals surface area contributed by atoms with E-state index in [-0.39, 0.29) is 29.3 Å². The molecule has 3 heterocycles. The highest BCUT2D eigenvalue weighted by Crippen LogP contribution is 2.51. The summed E-state index contributed by atoms with van der Waals surface area (Å²) in [7, 11) is -1.87. The third-order valence-corrected chi connectivity index (χ3v) is 10.0. The van der Waals surface area contributed by atoms with Gasteiger partial charge in [-0.05, 0) is 80.3 Å². The van der Waals surface area contributed by atoms with E-state index in [1.165, 1.54) is 12.1 Å². The van der Waals surface area contributed by atoms with Gasteiger partial charge in [-0.25, -0.2) is 17.8 Å². The van der Waals surface area contributed by atoms with Crippen LogP contribution in [0.4, 0.5) is 4.39 Å². The highest BCUT2D eigenvalue weighted by atomic mass is 32.2. The van der Waals surface area contributed by atoms with E-state index in [9.17, 15) is 17.6 Å². The van der Waals surface area contributed by atoms with Gasteiger partial charge in [0.05, 0.1) is 33.3 Å². The van der Waals surface area contributed by atoms with Gasteiger partial charge in [0.15, 0.2) is 15.6 Å². The summed E-state index contributed by atoms with van der Waals surface area (Å²) < 4.78 is 44.5. The number of aryl methyl sites for hydroxylation is 2. The molecule has 0 radical (unpaired) electrons. The second-order valence-electron chi connectivity index (χ2n) is 10.3. The van der Waals surface area contributed by atoms with Crippen LogP contribution in [0.5, 0.6) is 0 Å².